The molecule has 1 aromatic carbocycles. The van der Waals surface area contributed by atoms with Gasteiger partial charge in [0.1, 0.15) is 0 Å². The summed E-state index contributed by atoms with van der Waals surface area (Å²) in [5.41, 5.74) is 3.93. The van der Waals surface area contributed by atoms with Gasteiger partial charge in [-0.05, 0) is 37.1 Å². The average molecular weight is 189 g/mol. The van der Waals surface area contributed by atoms with Crippen LogP contribution in [-0.2, 0) is 0 Å². The highest BCUT2D eigenvalue weighted by Crippen LogP contribution is 2.27. The van der Waals surface area contributed by atoms with E-state index in [4.69, 9.17) is 0 Å². The van der Waals surface area contributed by atoms with E-state index in [0.29, 0.717) is 5.92 Å². The van der Waals surface area contributed by atoms with Crippen molar-refractivity contribution in [1.82, 2.24) is 0 Å². The molecule has 0 unspecified atom stereocenters. The Labute approximate surface area is 86.8 Å². The number of allylic oxidation sites excluding steroid dienone is 1. The Morgan fingerprint density at radius 3 is 2.57 bits per heavy atom. The molecule has 1 nitrogen and oxygen atoms in total. The number of para-hydroxylation sites is 1. The molecule has 0 aliphatic carbocycles. The number of nitrogens with one attached hydrogen (secondary N) is 1. The molecule has 1 heteroatoms. The predicted molar refractivity (Wildman–Crippen MR) is 63.7 cm³/mol. The predicted octanol–water partition coefficient (Wildman–Crippen LogP) is 4.06. The zero-order valence-electron chi connectivity index (χ0n) is 9.46. The Morgan fingerprint density at radius 2 is 2.00 bits per heavy atom. The molecular formula is C13H19N. The van der Waals surface area contributed by atoms with Crippen LogP contribution in [-0.4, -0.2) is 0 Å². The molecule has 1 N–H and O–H groups in total. The van der Waals surface area contributed by atoms with Gasteiger partial charge in [-0.1, -0.05) is 38.1 Å². The van der Waals surface area contributed by atoms with Gasteiger partial charge in [-0.2, -0.15) is 0 Å². The van der Waals surface area contributed by atoms with Gasteiger partial charge in [0, 0.05) is 5.69 Å². The summed E-state index contributed by atoms with van der Waals surface area (Å²) in [6, 6.07) is 6.44. The molecule has 0 saturated carbocycles. The molecule has 76 valence electrons. The summed E-state index contributed by atoms with van der Waals surface area (Å²) in [4.78, 5) is 0. The molecule has 0 saturated heterocycles. The molecule has 14 heavy (non-hydrogen) atoms. The van der Waals surface area contributed by atoms with Crippen molar-refractivity contribution in [1.29, 1.82) is 0 Å². The number of benzene rings is 1. The lowest BCUT2D eigenvalue weighted by Gasteiger charge is -2.14. The van der Waals surface area contributed by atoms with Gasteiger partial charge in [0.05, 0.1) is 0 Å². The Morgan fingerprint density at radius 1 is 1.29 bits per heavy atom. The maximum Gasteiger partial charge on any atom is 0.0444 e. The van der Waals surface area contributed by atoms with Crippen LogP contribution in [0.4, 0.5) is 5.69 Å². The Hall–Kier alpha value is -1.24. The van der Waals surface area contributed by atoms with Crippen LogP contribution in [0.2, 0.25) is 0 Å². The molecule has 0 amide bonds. The molecule has 0 radical (unpaired) electrons. The lowest BCUT2D eigenvalue weighted by Crippen LogP contribution is -1.98. The lowest BCUT2D eigenvalue weighted by molar-refractivity contribution is 0.867. The first-order chi connectivity index (χ1) is 6.66. The molecule has 0 aliphatic heterocycles. The lowest BCUT2D eigenvalue weighted by atomic mass is 9.98. The third kappa shape index (κ3) is 2.38. The van der Waals surface area contributed by atoms with Crippen LogP contribution in [0.25, 0.3) is 0 Å². The van der Waals surface area contributed by atoms with E-state index in [1.165, 1.54) is 16.8 Å². The summed E-state index contributed by atoms with van der Waals surface area (Å²) in [7, 11) is 0. The van der Waals surface area contributed by atoms with Gasteiger partial charge >= 0.3 is 0 Å². The third-order valence-electron chi connectivity index (χ3n) is 2.32. The summed E-state index contributed by atoms with van der Waals surface area (Å²) in [6.07, 6.45) is 3.99. The number of hydrogen-bond acceptors (Lipinski definition) is 1. The first-order valence-electron chi connectivity index (χ1n) is 5.14. The van der Waals surface area contributed by atoms with E-state index in [1.807, 2.05) is 19.2 Å². The van der Waals surface area contributed by atoms with E-state index in [-0.39, 0.29) is 0 Å². The van der Waals surface area contributed by atoms with Crippen molar-refractivity contribution in [3.8, 4) is 0 Å². The summed E-state index contributed by atoms with van der Waals surface area (Å²) < 4.78 is 0. The van der Waals surface area contributed by atoms with Gasteiger partial charge in [-0.15, -0.1) is 0 Å². The Bertz CT molecular complexity index is 324. The molecule has 1 rings (SSSR count). The van der Waals surface area contributed by atoms with Crippen molar-refractivity contribution in [3.05, 3.63) is 41.6 Å². The van der Waals surface area contributed by atoms with Crippen LogP contribution in [0.15, 0.2) is 30.5 Å². The summed E-state index contributed by atoms with van der Waals surface area (Å²) in [5.74, 6) is 0.558. The van der Waals surface area contributed by atoms with Gasteiger partial charge in [-0.3, -0.25) is 0 Å². The van der Waals surface area contributed by atoms with Gasteiger partial charge < -0.3 is 5.32 Å². The van der Waals surface area contributed by atoms with Crippen molar-refractivity contribution in [2.75, 3.05) is 5.32 Å². The largest absolute Gasteiger partial charge is 0.362 e. The van der Waals surface area contributed by atoms with Crippen molar-refractivity contribution in [2.24, 2.45) is 0 Å². The highest BCUT2D eigenvalue weighted by molar-refractivity contribution is 5.59. The number of anilines is 1. The maximum atomic E-state index is 3.33. The molecule has 0 atom stereocenters. The fourth-order valence-electron chi connectivity index (χ4n) is 1.54. The van der Waals surface area contributed by atoms with Crippen LogP contribution in [0.5, 0.6) is 0 Å². The molecular weight excluding hydrogens is 170 g/mol. The second-order valence-electron chi connectivity index (χ2n) is 3.84. The fraction of sp³-hybridized carbons (Fsp3) is 0.385. The molecule has 1 aromatic rings. The van der Waals surface area contributed by atoms with Crippen molar-refractivity contribution < 1.29 is 0 Å². The minimum absolute atomic E-state index is 0.558. The van der Waals surface area contributed by atoms with Crippen LogP contribution in [0.3, 0.4) is 0 Å². The standard InChI is InChI=1S/C13H19N/c1-5-9-14-13-11(4)7-6-8-12(13)10(2)3/h5-10,14H,1-4H3/b9-5-. The minimum Gasteiger partial charge on any atom is -0.362 e. The monoisotopic (exact) mass is 189 g/mol. The normalized spacial score (nSPS) is 11.2. The van der Waals surface area contributed by atoms with Crippen molar-refractivity contribution in [2.45, 2.75) is 33.6 Å². The van der Waals surface area contributed by atoms with E-state index in [9.17, 15) is 0 Å². The molecule has 0 heterocycles. The first-order valence-corrected chi connectivity index (χ1v) is 5.14. The summed E-state index contributed by atoms with van der Waals surface area (Å²) >= 11 is 0. The zero-order valence-corrected chi connectivity index (χ0v) is 9.46. The highest BCUT2D eigenvalue weighted by Gasteiger charge is 2.06. The fourth-order valence-corrected chi connectivity index (χ4v) is 1.54. The van der Waals surface area contributed by atoms with Crippen LogP contribution in [0, 0.1) is 6.92 Å². The highest BCUT2D eigenvalue weighted by atomic mass is 14.8. The van der Waals surface area contributed by atoms with E-state index >= 15 is 0 Å². The van der Waals surface area contributed by atoms with Crippen molar-refractivity contribution in [3.63, 3.8) is 0 Å². The van der Waals surface area contributed by atoms with E-state index in [2.05, 4.69) is 44.3 Å². The number of rotatable bonds is 3. The summed E-state index contributed by atoms with van der Waals surface area (Å²) in [6.45, 7) is 8.59. The van der Waals surface area contributed by atoms with Crippen molar-refractivity contribution >= 4 is 5.69 Å². The van der Waals surface area contributed by atoms with Gasteiger partial charge in [0.25, 0.3) is 0 Å². The van der Waals surface area contributed by atoms with E-state index in [1.54, 1.807) is 0 Å². The molecule has 0 aromatic heterocycles. The van der Waals surface area contributed by atoms with Crippen LogP contribution < -0.4 is 5.32 Å². The summed E-state index contributed by atoms with van der Waals surface area (Å²) in [5, 5.41) is 3.33. The second kappa shape index (κ2) is 4.85. The van der Waals surface area contributed by atoms with Gasteiger partial charge in [0.15, 0.2) is 0 Å². The SMILES string of the molecule is C/C=C\Nc1c(C)cccc1C(C)C. The Balaban J connectivity index is 3.08. The molecule has 0 spiro atoms. The van der Waals surface area contributed by atoms with Crippen LogP contribution in [0.1, 0.15) is 37.8 Å². The average Bonchev–Trinajstić information content (AvgIpc) is 2.15. The zero-order chi connectivity index (χ0) is 10.6. The topological polar surface area (TPSA) is 12.0 Å². The van der Waals surface area contributed by atoms with Crippen LogP contribution >= 0.6 is 0 Å². The molecule has 0 aliphatic rings. The quantitative estimate of drug-likeness (QED) is 0.756. The number of aryl methyl sites for hydroxylation is 1. The van der Waals surface area contributed by atoms with Gasteiger partial charge in [0.2, 0.25) is 0 Å². The van der Waals surface area contributed by atoms with Gasteiger partial charge in [-0.25, -0.2) is 0 Å². The molecule has 0 fully saturated rings. The minimum atomic E-state index is 0.558. The van der Waals surface area contributed by atoms with E-state index in [0.717, 1.165) is 0 Å². The third-order valence-corrected chi connectivity index (χ3v) is 2.32. The Kier molecular flexibility index (Phi) is 3.75. The number of hydrogen-bond donors (Lipinski definition) is 1. The maximum absolute atomic E-state index is 3.33. The first kappa shape index (κ1) is 10.8. The van der Waals surface area contributed by atoms with E-state index < -0.39 is 0 Å². The second-order valence-corrected chi connectivity index (χ2v) is 3.84. The molecule has 0 bridgehead atoms. The smallest absolute Gasteiger partial charge is 0.0444 e.